The molecule has 2 unspecified atom stereocenters. The van der Waals surface area contributed by atoms with Crippen LogP contribution >= 0.6 is 0 Å². The minimum atomic E-state index is -3.08. The van der Waals surface area contributed by atoms with Gasteiger partial charge in [-0.2, -0.15) is 0 Å². The van der Waals surface area contributed by atoms with Gasteiger partial charge in [-0.1, -0.05) is 18.2 Å². The second kappa shape index (κ2) is 5.84. The summed E-state index contributed by atoms with van der Waals surface area (Å²) in [6, 6.07) is 7.54. The number of rotatable bonds is 4. The van der Waals surface area contributed by atoms with Crippen molar-refractivity contribution < 1.29 is 13.2 Å². The Balaban J connectivity index is 1.65. The first-order valence-corrected chi connectivity index (χ1v) is 8.95. The zero-order valence-electron chi connectivity index (χ0n) is 11.5. The molecule has 0 aliphatic carbocycles. The Morgan fingerprint density at radius 3 is 2.90 bits per heavy atom. The van der Waals surface area contributed by atoms with Gasteiger partial charge < -0.3 is 10.1 Å². The van der Waals surface area contributed by atoms with Crippen molar-refractivity contribution in [1.29, 1.82) is 0 Å². The minimum absolute atomic E-state index is 0.164. The Kier molecular flexibility index (Phi) is 4.10. The molecular formula is C15H21NO3S. The van der Waals surface area contributed by atoms with Gasteiger partial charge in [0.1, 0.15) is 0 Å². The second-order valence-electron chi connectivity index (χ2n) is 5.67. The van der Waals surface area contributed by atoms with Crippen molar-refractivity contribution in [1.82, 2.24) is 5.32 Å². The third kappa shape index (κ3) is 2.90. The predicted octanol–water partition coefficient (Wildman–Crippen LogP) is 1.92. The van der Waals surface area contributed by atoms with E-state index < -0.39 is 9.84 Å². The minimum Gasteiger partial charge on any atom is -0.381 e. The number of sulfone groups is 1. The maximum atomic E-state index is 12.1. The monoisotopic (exact) mass is 295 g/mol. The first kappa shape index (κ1) is 14.0. The smallest absolute Gasteiger partial charge is 0.178 e. The van der Waals surface area contributed by atoms with Crippen molar-refractivity contribution in [2.24, 2.45) is 5.92 Å². The molecule has 20 heavy (non-hydrogen) atoms. The highest BCUT2D eigenvalue weighted by Crippen LogP contribution is 2.31. The van der Waals surface area contributed by atoms with Gasteiger partial charge in [0, 0.05) is 19.3 Å². The lowest BCUT2D eigenvalue weighted by atomic mass is 10.0. The Hall–Kier alpha value is -0.910. The third-order valence-corrected chi connectivity index (χ3v) is 6.09. The Morgan fingerprint density at radius 2 is 2.10 bits per heavy atom. The summed E-state index contributed by atoms with van der Waals surface area (Å²) in [6.45, 7) is 2.68. The summed E-state index contributed by atoms with van der Waals surface area (Å²) in [5.74, 6) is 0.902. The molecule has 3 rings (SSSR count). The molecular weight excluding hydrogens is 274 g/mol. The normalized spacial score (nSPS) is 28.2. The van der Waals surface area contributed by atoms with Crippen LogP contribution in [0.1, 0.15) is 30.9 Å². The molecule has 0 spiro atoms. The summed E-state index contributed by atoms with van der Waals surface area (Å²) >= 11 is 0. The first-order valence-electron chi connectivity index (χ1n) is 7.29. The van der Waals surface area contributed by atoms with Gasteiger partial charge in [-0.25, -0.2) is 8.42 Å². The molecule has 110 valence electrons. The van der Waals surface area contributed by atoms with Crippen LogP contribution in [0.3, 0.4) is 0 Å². The molecule has 0 radical (unpaired) electrons. The lowest BCUT2D eigenvalue weighted by Crippen LogP contribution is -2.31. The number of nitrogens with one attached hydrogen (secondary N) is 1. The van der Waals surface area contributed by atoms with Crippen molar-refractivity contribution in [3.8, 4) is 0 Å². The van der Waals surface area contributed by atoms with E-state index in [0.29, 0.717) is 17.2 Å². The molecule has 2 aliphatic rings. The van der Waals surface area contributed by atoms with E-state index in [9.17, 15) is 8.42 Å². The van der Waals surface area contributed by atoms with Gasteiger partial charge in [-0.05, 0) is 43.4 Å². The third-order valence-electron chi connectivity index (χ3n) is 4.27. The molecule has 1 aromatic rings. The van der Waals surface area contributed by atoms with Gasteiger partial charge >= 0.3 is 0 Å². The summed E-state index contributed by atoms with van der Waals surface area (Å²) < 4.78 is 29.5. The van der Waals surface area contributed by atoms with E-state index >= 15 is 0 Å². The first-order chi connectivity index (χ1) is 9.67. The number of ether oxygens (including phenoxy) is 1. The molecule has 0 bridgehead atoms. The molecule has 2 heterocycles. The van der Waals surface area contributed by atoms with Crippen LogP contribution in [-0.2, 0) is 14.6 Å². The Morgan fingerprint density at radius 1 is 1.25 bits per heavy atom. The lowest BCUT2D eigenvalue weighted by Gasteiger charge is -2.26. The standard InChI is InChI=1S/C15H21NO3S/c17-20(18)10-7-14(13-3-1-2-4-15(13)20)16-8-5-12-6-9-19-11-12/h1-4,12,14,16H,5-11H2. The Labute approximate surface area is 120 Å². The second-order valence-corrected chi connectivity index (χ2v) is 7.75. The topological polar surface area (TPSA) is 55.4 Å². The van der Waals surface area contributed by atoms with Crippen LogP contribution in [-0.4, -0.2) is 33.9 Å². The van der Waals surface area contributed by atoms with Crippen LogP contribution in [0.25, 0.3) is 0 Å². The molecule has 0 saturated carbocycles. The fourth-order valence-electron chi connectivity index (χ4n) is 3.07. The quantitative estimate of drug-likeness (QED) is 0.922. The molecule has 1 fully saturated rings. The number of benzene rings is 1. The largest absolute Gasteiger partial charge is 0.381 e. The average Bonchev–Trinajstić information content (AvgIpc) is 2.95. The van der Waals surface area contributed by atoms with Gasteiger partial charge in [0.25, 0.3) is 0 Å². The highest BCUT2D eigenvalue weighted by Gasteiger charge is 2.29. The molecule has 1 aromatic carbocycles. The lowest BCUT2D eigenvalue weighted by molar-refractivity contribution is 0.184. The SMILES string of the molecule is O=S1(=O)CCC(NCCC2CCOC2)c2ccccc21. The number of hydrogen-bond donors (Lipinski definition) is 1. The zero-order chi connectivity index (χ0) is 14.0. The summed E-state index contributed by atoms with van der Waals surface area (Å²) in [5.41, 5.74) is 0.932. The molecule has 1 saturated heterocycles. The van der Waals surface area contributed by atoms with Crippen molar-refractivity contribution in [3.63, 3.8) is 0 Å². The van der Waals surface area contributed by atoms with Crippen LogP contribution in [0.5, 0.6) is 0 Å². The van der Waals surface area contributed by atoms with E-state index in [1.54, 1.807) is 12.1 Å². The van der Waals surface area contributed by atoms with Crippen LogP contribution in [0, 0.1) is 5.92 Å². The predicted molar refractivity (Wildman–Crippen MR) is 77.4 cm³/mol. The van der Waals surface area contributed by atoms with E-state index in [0.717, 1.165) is 38.2 Å². The van der Waals surface area contributed by atoms with E-state index in [1.165, 1.54) is 0 Å². The van der Waals surface area contributed by atoms with Gasteiger partial charge in [0.2, 0.25) is 0 Å². The molecule has 2 aliphatic heterocycles. The molecule has 4 nitrogen and oxygen atoms in total. The highest BCUT2D eigenvalue weighted by molar-refractivity contribution is 7.91. The zero-order valence-corrected chi connectivity index (χ0v) is 12.4. The molecule has 1 N–H and O–H groups in total. The average molecular weight is 295 g/mol. The summed E-state index contributed by atoms with van der Waals surface area (Å²) in [5, 5.41) is 3.52. The van der Waals surface area contributed by atoms with Gasteiger partial charge in [-0.3, -0.25) is 0 Å². The number of hydrogen-bond acceptors (Lipinski definition) is 4. The van der Waals surface area contributed by atoms with E-state index in [1.807, 2.05) is 12.1 Å². The summed E-state index contributed by atoms with van der Waals surface area (Å²) in [4.78, 5) is 0.507. The Bertz CT molecular complexity index is 564. The van der Waals surface area contributed by atoms with Crippen molar-refractivity contribution in [2.45, 2.75) is 30.2 Å². The molecule has 0 aromatic heterocycles. The summed E-state index contributed by atoms with van der Waals surface area (Å²) in [6.07, 6.45) is 2.92. The summed E-state index contributed by atoms with van der Waals surface area (Å²) in [7, 11) is -3.08. The van der Waals surface area contributed by atoms with Gasteiger partial charge in [-0.15, -0.1) is 0 Å². The van der Waals surface area contributed by atoms with Gasteiger partial charge in [0.05, 0.1) is 10.6 Å². The van der Waals surface area contributed by atoms with Crippen LogP contribution in [0.4, 0.5) is 0 Å². The van der Waals surface area contributed by atoms with Crippen LogP contribution in [0.15, 0.2) is 29.2 Å². The van der Waals surface area contributed by atoms with Crippen LogP contribution in [0.2, 0.25) is 0 Å². The van der Waals surface area contributed by atoms with Crippen molar-refractivity contribution in [3.05, 3.63) is 29.8 Å². The highest BCUT2D eigenvalue weighted by atomic mass is 32.2. The fraction of sp³-hybridized carbons (Fsp3) is 0.600. The van der Waals surface area contributed by atoms with E-state index in [2.05, 4.69) is 5.32 Å². The maximum Gasteiger partial charge on any atom is 0.178 e. The van der Waals surface area contributed by atoms with Crippen LogP contribution < -0.4 is 5.32 Å². The molecule has 2 atom stereocenters. The van der Waals surface area contributed by atoms with Gasteiger partial charge in [0.15, 0.2) is 9.84 Å². The van der Waals surface area contributed by atoms with E-state index in [4.69, 9.17) is 4.74 Å². The van der Waals surface area contributed by atoms with E-state index in [-0.39, 0.29) is 11.8 Å². The maximum absolute atomic E-state index is 12.1. The molecule has 5 heteroatoms. The van der Waals surface area contributed by atoms with Crippen molar-refractivity contribution in [2.75, 3.05) is 25.5 Å². The molecule has 0 amide bonds. The van der Waals surface area contributed by atoms with Crippen molar-refractivity contribution >= 4 is 9.84 Å². The fourth-order valence-corrected chi connectivity index (χ4v) is 4.70. The number of fused-ring (bicyclic) bond motifs is 1.